The number of carboxylic acid groups (broad SMARTS) is 1. The summed E-state index contributed by atoms with van der Waals surface area (Å²) >= 11 is 0. The van der Waals surface area contributed by atoms with E-state index >= 15 is 0 Å². The molecular weight excluding hydrogens is 142 g/mol. The summed E-state index contributed by atoms with van der Waals surface area (Å²) in [5, 5.41) is 9.65. The highest BCUT2D eigenvalue weighted by Crippen LogP contribution is 1.89. The Balaban J connectivity index is 0. The number of rotatable bonds is 4. The van der Waals surface area contributed by atoms with Gasteiger partial charge in [-0.05, 0) is 19.3 Å². The molecule has 0 bridgehead atoms. The minimum Gasteiger partial charge on any atom is -0.550 e. The van der Waals surface area contributed by atoms with Crippen molar-refractivity contribution in [2.24, 2.45) is 0 Å². The van der Waals surface area contributed by atoms with Crippen LogP contribution in [-0.4, -0.2) is 12.5 Å². The summed E-state index contributed by atoms with van der Waals surface area (Å²) in [5.41, 5.74) is 3.60. The second-order valence-electron chi connectivity index (χ2n) is 2.33. The standard InChI is InChI=1S/C5H10O2.C3H9N/c1-2-3-4-5(6)7;1-2-3-4/h2-4H2,1H3,(H,6,7);2-4H2,1H3. The molecule has 3 N–H and O–H groups in total. The van der Waals surface area contributed by atoms with Gasteiger partial charge in [0.05, 0.1) is 6.54 Å². The van der Waals surface area contributed by atoms with Crippen molar-refractivity contribution >= 4 is 5.97 Å². The molecule has 0 aromatic rings. The summed E-state index contributed by atoms with van der Waals surface area (Å²) in [6, 6.07) is 0. The van der Waals surface area contributed by atoms with Crippen molar-refractivity contribution in [1.82, 2.24) is 0 Å². The molecule has 0 aromatic carbocycles. The van der Waals surface area contributed by atoms with E-state index in [0.29, 0.717) is 0 Å². The van der Waals surface area contributed by atoms with Crippen molar-refractivity contribution in [2.45, 2.75) is 39.5 Å². The highest BCUT2D eigenvalue weighted by Gasteiger charge is 1.80. The Labute approximate surface area is 68.6 Å². The summed E-state index contributed by atoms with van der Waals surface area (Å²) in [6.45, 7) is 5.13. The van der Waals surface area contributed by atoms with Gasteiger partial charge >= 0.3 is 0 Å². The number of quaternary nitrogens is 1. The molecule has 0 rings (SSSR count). The number of hydrogen-bond acceptors (Lipinski definition) is 2. The third kappa shape index (κ3) is 26.5. The molecule has 0 aliphatic rings. The van der Waals surface area contributed by atoms with Crippen LogP contribution in [0.3, 0.4) is 0 Å². The minimum atomic E-state index is -0.943. The van der Waals surface area contributed by atoms with E-state index < -0.39 is 5.97 Å². The maximum Gasteiger partial charge on any atom is 0.0737 e. The zero-order valence-corrected chi connectivity index (χ0v) is 7.56. The van der Waals surface area contributed by atoms with E-state index in [-0.39, 0.29) is 6.42 Å². The van der Waals surface area contributed by atoms with Gasteiger partial charge in [-0.1, -0.05) is 20.3 Å². The number of carbonyl (C=O) groups excluding carboxylic acids is 1. The Morgan fingerprint density at radius 2 is 1.82 bits per heavy atom. The molecule has 0 unspecified atom stereocenters. The molecule has 68 valence electrons. The second-order valence-corrected chi connectivity index (χ2v) is 2.33. The smallest absolute Gasteiger partial charge is 0.0737 e. The fraction of sp³-hybridized carbons (Fsp3) is 0.875. The number of aliphatic carboxylic acids is 1. The van der Waals surface area contributed by atoms with E-state index in [0.717, 1.165) is 19.4 Å². The lowest BCUT2D eigenvalue weighted by Crippen LogP contribution is -2.49. The van der Waals surface area contributed by atoms with Crippen LogP contribution in [0.1, 0.15) is 39.5 Å². The molecule has 0 heterocycles. The van der Waals surface area contributed by atoms with E-state index in [2.05, 4.69) is 12.7 Å². The molecule has 0 saturated heterocycles. The van der Waals surface area contributed by atoms with Gasteiger partial charge < -0.3 is 15.6 Å². The predicted molar refractivity (Wildman–Crippen MR) is 42.6 cm³/mol. The lowest BCUT2D eigenvalue weighted by molar-refractivity contribution is -0.367. The number of carbonyl (C=O) groups is 1. The van der Waals surface area contributed by atoms with Gasteiger partial charge in [-0.3, -0.25) is 0 Å². The Morgan fingerprint density at radius 3 is 1.91 bits per heavy atom. The first kappa shape index (κ1) is 13.1. The molecule has 0 spiro atoms. The molecule has 0 fully saturated rings. The first-order valence-electron chi connectivity index (χ1n) is 4.18. The van der Waals surface area contributed by atoms with E-state index in [9.17, 15) is 9.90 Å². The van der Waals surface area contributed by atoms with Crippen LogP contribution in [0.4, 0.5) is 0 Å². The predicted octanol–water partition coefficient (Wildman–Crippen LogP) is -0.435. The third-order valence-corrected chi connectivity index (χ3v) is 1.09. The van der Waals surface area contributed by atoms with Crippen LogP contribution in [-0.2, 0) is 4.79 Å². The van der Waals surface area contributed by atoms with Crippen molar-refractivity contribution in [3.8, 4) is 0 Å². The van der Waals surface area contributed by atoms with Gasteiger partial charge in [-0.25, -0.2) is 0 Å². The van der Waals surface area contributed by atoms with E-state index in [1.165, 1.54) is 6.42 Å². The van der Waals surface area contributed by atoms with Crippen LogP contribution >= 0.6 is 0 Å². The molecule has 0 amide bonds. The van der Waals surface area contributed by atoms with Gasteiger partial charge in [-0.15, -0.1) is 0 Å². The first-order valence-corrected chi connectivity index (χ1v) is 4.18. The van der Waals surface area contributed by atoms with Gasteiger partial charge in [0, 0.05) is 5.97 Å². The van der Waals surface area contributed by atoms with Gasteiger partial charge in [0.1, 0.15) is 0 Å². The average Bonchev–Trinajstić information content (AvgIpc) is 2.01. The largest absolute Gasteiger partial charge is 0.550 e. The number of hydrogen-bond donors (Lipinski definition) is 1. The zero-order chi connectivity index (χ0) is 9.11. The molecule has 0 radical (unpaired) electrons. The Bertz CT molecular complexity index is 82.2. The normalized spacial score (nSPS) is 8.27. The first-order chi connectivity index (χ1) is 5.18. The third-order valence-electron chi connectivity index (χ3n) is 1.09. The zero-order valence-electron chi connectivity index (χ0n) is 7.56. The van der Waals surface area contributed by atoms with Gasteiger partial charge in [0.25, 0.3) is 0 Å². The Hall–Kier alpha value is -0.570. The van der Waals surface area contributed by atoms with Crippen LogP contribution in [0.15, 0.2) is 0 Å². The molecule has 0 aliphatic heterocycles. The van der Waals surface area contributed by atoms with Gasteiger partial charge in [0.2, 0.25) is 0 Å². The summed E-state index contributed by atoms with van der Waals surface area (Å²) < 4.78 is 0. The topological polar surface area (TPSA) is 67.8 Å². The van der Waals surface area contributed by atoms with E-state index in [4.69, 9.17) is 0 Å². The van der Waals surface area contributed by atoms with E-state index in [1.807, 2.05) is 6.92 Å². The molecular formula is C8H19NO2. The molecule has 0 saturated carbocycles. The van der Waals surface area contributed by atoms with Crippen LogP contribution in [0.2, 0.25) is 0 Å². The fourth-order valence-corrected chi connectivity index (χ4v) is 0.321. The van der Waals surface area contributed by atoms with Crippen molar-refractivity contribution in [2.75, 3.05) is 6.54 Å². The average molecular weight is 161 g/mol. The van der Waals surface area contributed by atoms with Crippen LogP contribution in [0.5, 0.6) is 0 Å². The van der Waals surface area contributed by atoms with Gasteiger partial charge in [-0.2, -0.15) is 0 Å². The molecule has 3 heteroatoms. The lowest BCUT2D eigenvalue weighted by atomic mass is 10.3. The van der Waals surface area contributed by atoms with Crippen LogP contribution < -0.4 is 10.8 Å². The quantitative estimate of drug-likeness (QED) is 0.607. The molecule has 0 aliphatic carbocycles. The van der Waals surface area contributed by atoms with E-state index in [1.54, 1.807) is 0 Å². The maximum atomic E-state index is 9.65. The van der Waals surface area contributed by atoms with Crippen LogP contribution in [0, 0.1) is 0 Å². The number of carboxylic acids is 1. The van der Waals surface area contributed by atoms with Gasteiger partial charge in [0.15, 0.2) is 0 Å². The van der Waals surface area contributed by atoms with Crippen molar-refractivity contribution < 1.29 is 15.6 Å². The highest BCUT2D eigenvalue weighted by molar-refractivity contribution is 5.63. The van der Waals surface area contributed by atoms with Crippen molar-refractivity contribution in [1.29, 1.82) is 0 Å². The molecule has 0 atom stereocenters. The Morgan fingerprint density at radius 1 is 1.36 bits per heavy atom. The van der Waals surface area contributed by atoms with Crippen molar-refractivity contribution in [3.63, 3.8) is 0 Å². The minimum absolute atomic E-state index is 0.205. The lowest BCUT2D eigenvalue weighted by Gasteiger charge is -1.95. The van der Waals surface area contributed by atoms with Crippen molar-refractivity contribution in [3.05, 3.63) is 0 Å². The summed E-state index contributed by atoms with van der Waals surface area (Å²) in [5.74, 6) is -0.943. The number of unbranched alkanes of at least 4 members (excludes halogenated alkanes) is 1. The summed E-state index contributed by atoms with van der Waals surface area (Å²) in [7, 11) is 0. The Kier molecular flexibility index (Phi) is 14.4. The summed E-state index contributed by atoms with van der Waals surface area (Å²) in [6.07, 6.45) is 3.08. The second kappa shape index (κ2) is 12.1. The molecule has 11 heavy (non-hydrogen) atoms. The monoisotopic (exact) mass is 161 g/mol. The maximum absolute atomic E-state index is 9.65. The summed E-state index contributed by atoms with van der Waals surface area (Å²) in [4.78, 5) is 9.65. The SMILES string of the molecule is CCCCC(=O)[O-].CCC[NH3+]. The van der Waals surface area contributed by atoms with Crippen LogP contribution in [0.25, 0.3) is 0 Å². The highest BCUT2D eigenvalue weighted by atomic mass is 16.4. The molecule has 0 aromatic heterocycles. The fourth-order valence-electron chi connectivity index (χ4n) is 0.321. The molecule has 3 nitrogen and oxygen atoms in total.